The van der Waals surface area contributed by atoms with Crippen LogP contribution >= 0.6 is 0 Å². The lowest BCUT2D eigenvalue weighted by molar-refractivity contribution is 0.552. The van der Waals surface area contributed by atoms with Crippen molar-refractivity contribution in [1.29, 1.82) is 0 Å². The molecule has 27 rings (SSSR count). The summed E-state index contributed by atoms with van der Waals surface area (Å²) in [7, 11) is 0. The number of aromatic nitrogens is 18. The van der Waals surface area contributed by atoms with E-state index in [0.717, 1.165) is 138 Å². The molecule has 606 valence electrons. The van der Waals surface area contributed by atoms with E-state index in [-0.39, 0.29) is 0 Å². The standard InChI is InChI=1S/3C36H22N6O/c1-3-15-30-24(11-1)26-17-18-27-25-12-2-4-16-31(25)42(34(27)33(26)41(30)23-10-9-19-37-22-23)36-32(28-13-5-7-20-38-28)40-35(43-36)29-14-6-8-21-39-29;1-3-15-28-24(11-1)32-30(41(28)23-10-9-19-37-22-23)17-18-31-33(32)25-12-2-4-16-29(25)42(31)36-34(26-13-5-7-20-38-26)40-35(43-36)27-14-6-8-21-39-27;1-3-15-30-24(11-1)26-20-27-25-12-2-4-16-31(25)42(33(27)21-32(26)41(30)23-10-9-17-37-22-23)36-34(28-13-5-7-18-38-28)40-35(43-36)29-14-6-8-19-39-29/h3*1-22H. The maximum absolute atomic E-state index is 6.71. The van der Waals surface area contributed by atoms with E-state index in [1.165, 1.54) is 21.5 Å². The number of oxazole rings is 3. The highest BCUT2D eigenvalue weighted by atomic mass is 16.4. The summed E-state index contributed by atoms with van der Waals surface area (Å²) in [5, 5.41) is 13.8. The van der Waals surface area contributed by atoms with Crippen LogP contribution < -0.4 is 0 Å². The van der Waals surface area contributed by atoms with Gasteiger partial charge in [-0.1, -0.05) is 158 Å². The van der Waals surface area contributed by atoms with Crippen molar-refractivity contribution in [1.82, 2.24) is 87.2 Å². The van der Waals surface area contributed by atoms with Crippen LogP contribution in [-0.4, -0.2) is 87.2 Å². The fourth-order valence-electron chi connectivity index (χ4n) is 18.6. The third-order valence-corrected chi connectivity index (χ3v) is 23.9. The summed E-state index contributed by atoms with van der Waals surface area (Å²) in [6, 6.07) is 111. The van der Waals surface area contributed by atoms with Gasteiger partial charge >= 0.3 is 0 Å². The van der Waals surface area contributed by atoms with Crippen LogP contribution in [0.3, 0.4) is 0 Å². The predicted molar refractivity (Wildman–Crippen MR) is 508 cm³/mol. The van der Waals surface area contributed by atoms with Gasteiger partial charge in [0.1, 0.15) is 17.1 Å². The molecular weight excluding hydrogens is 1600 g/mol. The monoisotopic (exact) mass is 1660 g/mol. The Morgan fingerprint density at radius 2 is 0.473 bits per heavy atom. The molecule has 0 unspecified atom stereocenters. The normalized spacial score (nSPS) is 11.7. The molecule has 0 aliphatic rings. The van der Waals surface area contributed by atoms with Gasteiger partial charge in [-0.15, -0.1) is 0 Å². The zero-order valence-electron chi connectivity index (χ0n) is 68.4. The summed E-state index contributed by atoms with van der Waals surface area (Å²) in [5.41, 5.74) is 21.8. The summed E-state index contributed by atoms with van der Waals surface area (Å²) in [6.07, 6.45) is 21.7. The minimum atomic E-state index is 0.433. The third kappa shape index (κ3) is 12.0. The molecule has 18 heterocycles. The van der Waals surface area contributed by atoms with Crippen LogP contribution in [-0.2, 0) is 0 Å². The van der Waals surface area contributed by atoms with Crippen LogP contribution in [0, 0.1) is 0 Å². The summed E-state index contributed by atoms with van der Waals surface area (Å²) < 4.78 is 33.4. The average Bonchev–Trinajstić information content (AvgIpc) is 1.53. The fraction of sp³-hybridized carbons (Fsp3) is 0. The third-order valence-electron chi connectivity index (χ3n) is 23.9. The largest absolute Gasteiger partial charge is 0.417 e. The van der Waals surface area contributed by atoms with Gasteiger partial charge in [0.15, 0.2) is 17.1 Å². The highest BCUT2D eigenvalue weighted by molar-refractivity contribution is 6.29. The van der Waals surface area contributed by atoms with E-state index in [9.17, 15) is 0 Å². The lowest BCUT2D eigenvalue weighted by Gasteiger charge is -2.11. The highest BCUT2D eigenvalue weighted by Crippen LogP contribution is 2.49. The maximum atomic E-state index is 6.71. The van der Waals surface area contributed by atoms with Crippen molar-refractivity contribution >= 4 is 131 Å². The Morgan fingerprint density at radius 3 is 0.860 bits per heavy atom. The SMILES string of the molecule is c1ccc(-c2nc(-c3ccccn3)c(-n3c4ccccc4c4c5c6ccccc6n(-c6cccnc6)c5ccc43)o2)nc1.c1ccc(-c2nc(-c3ccccn3)c(-n3c4ccccc4c4cc5c6ccccc6n(-c6cccnc6)c5cc43)o2)nc1.c1ccc(-c2nc(-c3ccccn3)c(-n3c4ccccc4c4ccc5c6ccccc6n(-c6cccnc6)c5c43)o2)nc1. The van der Waals surface area contributed by atoms with E-state index in [1.54, 1.807) is 55.8 Å². The van der Waals surface area contributed by atoms with Crippen LogP contribution in [0.4, 0.5) is 0 Å². The van der Waals surface area contributed by atoms with Gasteiger partial charge in [-0.3, -0.25) is 58.6 Å². The van der Waals surface area contributed by atoms with Crippen molar-refractivity contribution in [3.8, 4) is 104 Å². The zero-order chi connectivity index (χ0) is 85.0. The first-order chi connectivity index (χ1) is 64.1. The number of hydrogen-bond donors (Lipinski definition) is 0. The highest BCUT2D eigenvalue weighted by Gasteiger charge is 2.31. The zero-order valence-corrected chi connectivity index (χ0v) is 68.4. The van der Waals surface area contributed by atoms with Gasteiger partial charge in [0.05, 0.1) is 119 Å². The van der Waals surface area contributed by atoms with Crippen molar-refractivity contribution in [2.75, 3.05) is 0 Å². The van der Waals surface area contributed by atoms with E-state index in [0.29, 0.717) is 75.2 Å². The molecule has 0 bridgehead atoms. The second kappa shape index (κ2) is 30.4. The van der Waals surface area contributed by atoms with Gasteiger partial charge in [0.25, 0.3) is 0 Å². The van der Waals surface area contributed by atoms with Crippen LogP contribution in [0.2, 0.25) is 0 Å². The number of para-hydroxylation sites is 6. The summed E-state index contributed by atoms with van der Waals surface area (Å²) >= 11 is 0. The minimum absolute atomic E-state index is 0.433. The molecule has 9 aromatic carbocycles. The van der Waals surface area contributed by atoms with E-state index in [2.05, 4.69) is 272 Å². The van der Waals surface area contributed by atoms with E-state index in [1.807, 2.05) is 146 Å². The first-order valence-electron chi connectivity index (χ1n) is 42.2. The lowest BCUT2D eigenvalue weighted by atomic mass is 10.1. The predicted octanol–water partition coefficient (Wildman–Crippen LogP) is 25.2. The first-order valence-corrected chi connectivity index (χ1v) is 42.2. The molecule has 0 amide bonds. The van der Waals surface area contributed by atoms with Gasteiger partial charge in [-0.2, -0.15) is 0 Å². The Morgan fingerprint density at radius 1 is 0.186 bits per heavy atom. The van der Waals surface area contributed by atoms with Crippen LogP contribution in [0.5, 0.6) is 0 Å². The van der Waals surface area contributed by atoms with Crippen LogP contribution in [0.1, 0.15) is 0 Å². The molecule has 21 heteroatoms. The summed E-state index contributed by atoms with van der Waals surface area (Å²) in [6.45, 7) is 0. The molecule has 0 aliphatic heterocycles. The number of pyridine rings is 9. The van der Waals surface area contributed by atoms with Crippen molar-refractivity contribution < 1.29 is 13.3 Å². The molecule has 0 saturated heterocycles. The molecule has 0 N–H and O–H groups in total. The molecule has 21 nitrogen and oxygen atoms in total. The molecule has 18 aromatic heterocycles. The van der Waals surface area contributed by atoms with Crippen molar-refractivity contribution in [3.05, 3.63) is 402 Å². The number of rotatable bonds is 12. The quantitative estimate of drug-likeness (QED) is 0.111. The lowest BCUT2D eigenvalue weighted by Crippen LogP contribution is -1.99. The number of benzene rings is 9. The van der Waals surface area contributed by atoms with Gasteiger partial charge in [-0.05, 0) is 170 Å². The molecule has 27 aromatic rings. The van der Waals surface area contributed by atoms with E-state index < -0.39 is 0 Å². The van der Waals surface area contributed by atoms with Gasteiger partial charge < -0.3 is 27.0 Å². The second-order valence-corrected chi connectivity index (χ2v) is 31.2. The molecule has 0 radical (unpaired) electrons. The van der Waals surface area contributed by atoms with Gasteiger partial charge in [0, 0.05) is 120 Å². The Kier molecular flexibility index (Phi) is 17.3. The average molecular weight is 1660 g/mol. The van der Waals surface area contributed by atoms with Crippen molar-refractivity contribution in [2.45, 2.75) is 0 Å². The van der Waals surface area contributed by atoms with Crippen LogP contribution in [0.25, 0.3) is 234 Å². The minimum Gasteiger partial charge on any atom is -0.417 e. The molecular formula is C108H66N18O3. The Balaban J connectivity index is 0.000000105. The number of hydrogen-bond acceptors (Lipinski definition) is 15. The van der Waals surface area contributed by atoms with Gasteiger partial charge in [0.2, 0.25) is 35.3 Å². The molecule has 0 saturated carbocycles. The summed E-state index contributed by atoms with van der Waals surface area (Å²) in [5.74, 6) is 3.09. The van der Waals surface area contributed by atoms with Gasteiger partial charge in [-0.25, -0.2) is 15.0 Å². The molecule has 0 spiro atoms. The Bertz CT molecular complexity index is 8980. The van der Waals surface area contributed by atoms with E-state index >= 15 is 0 Å². The topological polar surface area (TPSA) is 224 Å². The number of fused-ring (bicyclic) bond motifs is 20. The van der Waals surface area contributed by atoms with Crippen molar-refractivity contribution in [3.63, 3.8) is 0 Å². The first kappa shape index (κ1) is 73.5. The molecule has 0 atom stereocenters. The molecule has 0 aliphatic carbocycles. The Labute approximate surface area is 732 Å². The fourth-order valence-corrected chi connectivity index (χ4v) is 18.6. The van der Waals surface area contributed by atoms with Crippen molar-refractivity contribution in [2.24, 2.45) is 0 Å². The van der Waals surface area contributed by atoms with Crippen LogP contribution in [0.15, 0.2) is 415 Å². The molecule has 129 heavy (non-hydrogen) atoms. The Hall–Kier alpha value is -18.2. The molecule has 0 fully saturated rings. The smallest absolute Gasteiger partial charge is 0.248 e. The maximum Gasteiger partial charge on any atom is 0.248 e. The summed E-state index contributed by atoms with van der Waals surface area (Å²) in [4.78, 5) is 55.8. The second-order valence-electron chi connectivity index (χ2n) is 31.2. The number of nitrogens with zero attached hydrogens (tertiary/aromatic N) is 18. The van der Waals surface area contributed by atoms with E-state index in [4.69, 9.17) is 28.2 Å².